The zero-order valence-corrected chi connectivity index (χ0v) is 21.9. The molecule has 2 aliphatic heterocycles. The van der Waals surface area contributed by atoms with E-state index >= 15 is 0 Å². The van der Waals surface area contributed by atoms with Crippen LogP contribution in [-0.2, 0) is 38.7 Å². The molecule has 210 valence electrons. The fourth-order valence-electron chi connectivity index (χ4n) is 3.29. The smallest absolute Gasteiger partial charge is 0.484 e. The van der Waals surface area contributed by atoms with Gasteiger partial charge in [0.05, 0.1) is 11.3 Å². The van der Waals surface area contributed by atoms with E-state index in [0.717, 1.165) is 0 Å². The predicted octanol–water partition coefficient (Wildman–Crippen LogP) is 0.991. The van der Waals surface area contributed by atoms with Crippen LogP contribution in [-0.4, -0.2) is 83.7 Å². The van der Waals surface area contributed by atoms with Gasteiger partial charge in [-0.05, 0) is 32.9 Å². The highest BCUT2D eigenvalue weighted by Gasteiger charge is 2.63. The lowest BCUT2D eigenvalue weighted by atomic mass is 9.98. The number of hydrogen-bond donors (Lipinski definition) is 1. The number of rotatable bonds is 8. The van der Waals surface area contributed by atoms with Crippen LogP contribution in [0.15, 0.2) is 30.3 Å². The molecular formula is C21H24F3N3O9S2. The van der Waals surface area contributed by atoms with Gasteiger partial charge in [-0.25, -0.2) is 13.2 Å². The molecule has 2 amide bonds. The van der Waals surface area contributed by atoms with Crippen LogP contribution in [0, 0.1) is 5.41 Å². The van der Waals surface area contributed by atoms with E-state index in [9.17, 15) is 40.8 Å². The average Bonchev–Trinajstić information content (AvgIpc) is 2.84. The number of esters is 2. The van der Waals surface area contributed by atoms with Crippen molar-refractivity contribution >= 4 is 45.5 Å². The van der Waals surface area contributed by atoms with Crippen LogP contribution in [0.3, 0.4) is 0 Å². The maximum Gasteiger partial charge on any atom is 0.511 e. The molecule has 12 nitrogen and oxygen atoms in total. The molecule has 3 atom stereocenters. The topological polar surface area (TPSA) is 149 Å². The number of carbonyl (C=O) groups is 4. The Morgan fingerprint density at radius 1 is 1.11 bits per heavy atom. The van der Waals surface area contributed by atoms with Crippen molar-refractivity contribution in [3.05, 3.63) is 30.3 Å². The molecule has 17 heteroatoms. The van der Waals surface area contributed by atoms with Crippen molar-refractivity contribution in [2.75, 3.05) is 19.3 Å². The first-order chi connectivity index (χ1) is 17.6. The highest BCUT2D eigenvalue weighted by molar-refractivity contribution is 8.01. The largest absolute Gasteiger partial charge is 0.511 e. The van der Waals surface area contributed by atoms with Crippen LogP contribution in [0.1, 0.15) is 20.8 Å². The molecule has 0 saturated carbocycles. The third-order valence-corrected chi connectivity index (χ3v) is 8.20. The van der Waals surface area contributed by atoms with Crippen LogP contribution in [0.25, 0.3) is 0 Å². The summed E-state index contributed by atoms with van der Waals surface area (Å²) in [7, 11) is -6.08. The van der Waals surface area contributed by atoms with Crippen molar-refractivity contribution in [1.29, 1.82) is 0 Å². The third-order valence-electron chi connectivity index (χ3n) is 5.23. The molecule has 1 aromatic rings. The summed E-state index contributed by atoms with van der Waals surface area (Å²) in [5.74, 6) is -4.64. The van der Waals surface area contributed by atoms with Gasteiger partial charge in [-0.15, -0.1) is 11.8 Å². The average molecular weight is 584 g/mol. The van der Waals surface area contributed by atoms with Gasteiger partial charge in [-0.1, -0.05) is 18.2 Å². The Hall–Kier alpha value is -3.05. The van der Waals surface area contributed by atoms with Crippen molar-refractivity contribution < 1.29 is 55.0 Å². The number of para-hydroxylation sites is 1. The number of hydrogen-bond acceptors (Lipinski definition) is 10. The van der Waals surface area contributed by atoms with E-state index < -0.39 is 81.6 Å². The van der Waals surface area contributed by atoms with Gasteiger partial charge in [0.15, 0.2) is 12.8 Å². The van der Waals surface area contributed by atoms with Crippen molar-refractivity contribution in [2.45, 2.75) is 43.9 Å². The molecule has 2 aliphatic rings. The minimum Gasteiger partial charge on any atom is -0.484 e. The maximum absolute atomic E-state index is 13.3. The molecule has 3 rings (SSSR count). The number of halogens is 3. The number of thioether (sulfide) groups is 1. The van der Waals surface area contributed by atoms with Crippen LogP contribution < -0.4 is 10.1 Å². The zero-order chi connectivity index (χ0) is 28.5. The number of alkyl halides is 3. The standard InChI is InChI=1S/C21H24F3N3O9S2/c1-20(2,3)19(31)36-11-35-18(30)15-26(38(32,33)21(22,23)24)10-37-17-14(16(29)27(15)17)25-13(28)9-34-12-7-5-4-6-8-12/h4-8,14-15,17H,9-11H2,1-3H3,(H,25,28). The second-order valence-electron chi connectivity index (χ2n) is 9.05. The van der Waals surface area contributed by atoms with Gasteiger partial charge < -0.3 is 19.5 Å². The summed E-state index contributed by atoms with van der Waals surface area (Å²) >= 11 is 0.589. The predicted molar refractivity (Wildman–Crippen MR) is 124 cm³/mol. The maximum atomic E-state index is 13.3. The Morgan fingerprint density at radius 3 is 2.32 bits per heavy atom. The first-order valence-corrected chi connectivity index (χ1v) is 13.4. The Bertz CT molecular complexity index is 1190. The Morgan fingerprint density at radius 2 is 1.74 bits per heavy atom. The summed E-state index contributed by atoms with van der Waals surface area (Å²) < 4.78 is 78.8. The number of benzene rings is 1. The first-order valence-electron chi connectivity index (χ1n) is 10.9. The molecule has 38 heavy (non-hydrogen) atoms. The normalized spacial score (nSPS) is 22.1. The summed E-state index contributed by atoms with van der Waals surface area (Å²) in [6.45, 7) is 2.98. The number of β-lactam (4-membered cyclic amide) rings is 1. The minimum atomic E-state index is -6.08. The van der Waals surface area contributed by atoms with Gasteiger partial charge in [0, 0.05) is 0 Å². The van der Waals surface area contributed by atoms with E-state index in [0.29, 0.717) is 22.4 Å². The molecule has 2 fully saturated rings. The molecular weight excluding hydrogens is 559 g/mol. The molecule has 1 aromatic carbocycles. The van der Waals surface area contributed by atoms with Gasteiger partial charge in [0.2, 0.25) is 6.79 Å². The van der Waals surface area contributed by atoms with Crippen molar-refractivity contribution in [3.63, 3.8) is 0 Å². The summed E-state index contributed by atoms with van der Waals surface area (Å²) in [5.41, 5.74) is -6.78. The monoisotopic (exact) mass is 583 g/mol. The van der Waals surface area contributed by atoms with Crippen LogP contribution in [0.2, 0.25) is 0 Å². The van der Waals surface area contributed by atoms with Crippen LogP contribution >= 0.6 is 11.8 Å². The van der Waals surface area contributed by atoms with Crippen LogP contribution in [0.5, 0.6) is 5.75 Å². The van der Waals surface area contributed by atoms with Crippen LogP contribution in [0.4, 0.5) is 13.2 Å². The van der Waals surface area contributed by atoms with Gasteiger partial charge >= 0.3 is 27.5 Å². The van der Waals surface area contributed by atoms with E-state index in [4.69, 9.17) is 14.2 Å². The summed E-state index contributed by atoms with van der Waals surface area (Å²) in [4.78, 5) is 50.3. The van der Waals surface area contributed by atoms with Gasteiger partial charge in [0.1, 0.15) is 17.2 Å². The van der Waals surface area contributed by atoms with Crippen molar-refractivity contribution in [2.24, 2.45) is 5.41 Å². The van der Waals surface area contributed by atoms with Gasteiger partial charge in [-0.3, -0.25) is 19.3 Å². The highest BCUT2D eigenvalue weighted by Crippen LogP contribution is 2.42. The van der Waals surface area contributed by atoms with E-state index in [1.807, 2.05) is 0 Å². The molecule has 2 saturated heterocycles. The molecule has 3 unspecified atom stereocenters. The lowest BCUT2D eigenvalue weighted by molar-refractivity contribution is -0.185. The summed E-state index contributed by atoms with van der Waals surface area (Å²) in [6.07, 6.45) is -2.34. The summed E-state index contributed by atoms with van der Waals surface area (Å²) in [6, 6.07) is 6.98. The Balaban J connectivity index is 1.73. The van der Waals surface area contributed by atoms with Gasteiger partial charge in [0.25, 0.3) is 11.8 Å². The number of amides is 2. The Labute approximate surface area is 219 Å². The molecule has 0 bridgehead atoms. The van der Waals surface area contributed by atoms with E-state index in [1.54, 1.807) is 30.3 Å². The second kappa shape index (κ2) is 11.0. The number of ether oxygens (including phenoxy) is 3. The Kier molecular flexibility index (Phi) is 8.52. The van der Waals surface area contributed by atoms with Gasteiger partial charge in [-0.2, -0.15) is 17.5 Å². The van der Waals surface area contributed by atoms with Crippen molar-refractivity contribution in [3.8, 4) is 5.75 Å². The minimum absolute atomic E-state index is 0.226. The molecule has 0 aromatic heterocycles. The molecule has 0 radical (unpaired) electrons. The SMILES string of the molecule is CC(C)(C)C(=O)OCOC(=O)C1N2C(=O)C(NC(=O)COc3ccccc3)C2SCN1S(=O)(=O)C(F)(F)F. The molecule has 0 aliphatic carbocycles. The lowest BCUT2D eigenvalue weighted by Gasteiger charge is -2.54. The third kappa shape index (κ3) is 6.15. The summed E-state index contributed by atoms with van der Waals surface area (Å²) in [5, 5.41) is 1.28. The number of sulfonamides is 1. The number of nitrogens with one attached hydrogen (secondary N) is 1. The van der Waals surface area contributed by atoms with E-state index in [-0.39, 0.29) is 4.31 Å². The number of nitrogens with zero attached hydrogens (tertiary/aromatic N) is 2. The first kappa shape index (κ1) is 29.5. The van der Waals surface area contributed by atoms with E-state index in [2.05, 4.69) is 5.32 Å². The zero-order valence-electron chi connectivity index (χ0n) is 20.3. The molecule has 2 heterocycles. The fourth-order valence-corrected chi connectivity index (χ4v) is 5.94. The number of fused-ring (bicyclic) bond motifs is 1. The second-order valence-corrected chi connectivity index (χ2v) is 12.0. The van der Waals surface area contributed by atoms with Crippen molar-refractivity contribution in [1.82, 2.24) is 14.5 Å². The molecule has 0 spiro atoms. The van der Waals surface area contributed by atoms with E-state index in [1.165, 1.54) is 20.8 Å². The number of carbonyl (C=O) groups excluding carboxylic acids is 4. The lowest BCUT2D eigenvalue weighted by Crippen LogP contribution is -2.78. The highest BCUT2D eigenvalue weighted by atomic mass is 32.2. The molecule has 1 N–H and O–H groups in total. The quantitative estimate of drug-likeness (QED) is 0.267. The fraction of sp³-hybridized carbons (Fsp3) is 0.524.